The molecule has 5 nitrogen and oxygen atoms in total. The average molecular weight is 393 g/mol. The minimum absolute atomic E-state index is 0.155. The SMILES string of the molecule is O=S(=O)(O)c1ccc2c3c(cccc13)NC(c1ccc(Cl)cc1Cl)=N2. The Hall–Kier alpha value is -2.12. The van der Waals surface area contributed by atoms with E-state index in [9.17, 15) is 13.0 Å². The molecule has 0 fully saturated rings. The Morgan fingerprint density at radius 1 is 1.04 bits per heavy atom. The zero-order chi connectivity index (χ0) is 17.8. The first kappa shape index (κ1) is 16.4. The monoisotopic (exact) mass is 392 g/mol. The van der Waals surface area contributed by atoms with E-state index in [1.54, 1.807) is 42.5 Å². The van der Waals surface area contributed by atoms with Gasteiger partial charge in [0.1, 0.15) is 10.7 Å². The van der Waals surface area contributed by atoms with E-state index in [1.807, 2.05) is 0 Å². The molecule has 3 aromatic rings. The third-order valence-electron chi connectivity index (χ3n) is 3.93. The molecule has 0 radical (unpaired) electrons. The second kappa shape index (κ2) is 5.71. The predicted octanol–water partition coefficient (Wildman–Crippen LogP) is 4.90. The summed E-state index contributed by atoms with van der Waals surface area (Å²) >= 11 is 12.2. The van der Waals surface area contributed by atoms with Crippen LogP contribution in [0.15, 0.2) is 58.4 Å². The third kappa shape index (κ3) is 2.77. The van der Waals surface area contributed by atoms with Crippen molar-refractivity contribution in [3.8, 4) is 0 Å². The van der Waals surface area contributed by atoms with Crippen molar-refractivity contribution in [2.24, 2.45) is 4.99 Å². The highest BCUT2D eigenvalue weighted by atomic mass is 35.5. The predicted molar refractivity (Wildman–Crippen MR) is 100 cm³/mol. The zero-order valence-corrected chi connectivity index (χ0v) is 14.8. The maximum atomic E-state index is 11.6. The minimum Gasteiger partial charge on any atom is -0.339 e. The quantitative estimate of drug-likeness (QED) is 0.608. The smallest absolute Gasteiger partial charge is 0.295 e. The van der Waals surface area contributed by atoms with Crippen LogP contribution in [0.1, 0.15) is 5.56 Å². The Morgan fingerprint density at radius 2 is 1.84 bits per heavy atom. The van der Waals surface area contributed by atoms with Crippen LogP contribution in [0.3, 0.4) is 0 Å². The Bertz CT molecular complexity index is 1170. The van der Waals surface area contributed by atoms with Gasteiger partial charge in [0.05, 0.1) is 10.7 Å². The lowest BCUT2D eigenvalue weighted by molar-refractivity contribution is 0.484. The summed E-state index contributed by atoms with van der Waals surface area (Å²) in [6, 6.07) is 13.1. The number of hydrogen-bond acceptors (Lipinski definition) is 4. The standard InChI is InChI=1S/C17H10Cl2N2O3S/c18-9-4-5-10(12(19)8-9)17-20-13-3-1-2-11-15(25(22,23)24)7-6-14(21-17)16(11)13/h1-8H,(H,20,21)(H,22,23,24). The Kier molecular flexibility index (Phi) is 3.73. The van der Waals surface area contributed by atoms with Gasteiger partial charge in [-0.15, -0.1) is 0 Å². The number of rotatable bonds is 2. The van der Waals surface area contributed by atoms with Gasteiger partial charge in [0.2, 0.25) is 0 Å². The van der Waals surface area contributed by atoms with Gasteiger partial charge in [0, 0.05) is 27.0 Å². The summed E-state index contributed by atoms with van der Waals surface area (Å²) in [7, 11) is -4.34. The topological polar surface area (TPSA) is 78.8 Å². The average Bonchev–Trinajstić information content (AvgIpc) is 2.54. The normalized spacial score (nSPS) is 13.5. The largest absolute Gasteiger partial charge is 0.339 e. The molecule has 0 saturated carbocycles. The van der Waals surface area contributed by atoms with Crippen molar-refractivity contribution >= 4 is 61.3 Å². The number of nitrogens with one attached hydrogen (secondary N) is 1. The van der Waals surface area contributed by atoms with E-state index in [0.717, 1.165) is 0 Å². The fourth-order valence-electron chi connectivity index (χ4n) is 2.87. The first-order valence-corrected chi connectivity index (χ1v) is 9.38. The van der Waals surface area contributed by atoms with Crippen molar-refractivity contribution in [2.45, 2.75) is 4.90 Å². The van der Waals surface area contributed by atoms with Gasteiger partial charge in [-0.05, 0) is 36.4 Å². The third-order valence-corrected chi connectivity index (χ3v) is 5.39. The van der Waals surface area contributed by atoms with Gasteiger partial charge in [-0.1, -0.05) is 35.3 Å². The second-order valence-electron chi connectivity index (χ2n) is 5.50. The number of anilines is 1. The van der Waals surface area contributed by atoms with Crippen LogP contribution in [0, 0.1) is 0 Å². The fourth-order valence-corrected chi connectivity index (χ4v) is 4.05. The van der Waals surface area contributed by atoms with Crippen LogP contribution in [0.5, 0.6) is 0 Å². The van der Waals surface area contributed by atoms with Gasteiger partial charge in [0.15, 0.2) is 0 Å². The van der Waals surface area contributed by atoms with Crippen LogP contribution in [-0.2, 0) is 10.1 Å². The number of hydrogen-bond donors (Lipinski definition) is 2. The zero-order valence-electron chi connectivity index (χ0n) is 12.5. The summed E-state index contributed by atoms with van der Waals surface area (Å²) in [4.78, 5) is 4.39. The fraction of sp³-hybridized carbons (Fsp3) is 0. The van der Waals surface area contributed by atoms with E-state index in [2.05, 4.69) is 10.3 Å². The van der Waals surface area contributed by atoms with E-state index >= 15 is 0 Å². The summed E-state index contributed by atoms with van der Waals surface area (Å²) in [5, 5.41) is 5.14. The molecule has 25 heavy (non-hydrogen) atoms. The molecule has 4 rings (SSSR count). The molecule has 8 heteroatoms. The number of aliphatic imine (C=N–C) groups is 1. The molecule has 0 atom stereocenters. The van der Waals surface area contributed by atoms with Crippen LogP contribution in [-0.4, -0.2) is 18.8 Å². The van der Waals surface area contributed by atoms with Crippen molar-refractivity contribution in [2.75, 3.05) is 5.32 Å². The van der Waals surface area contributed by atoms with Crippen molar-refractivity contribution in [1.29, 1.82) is 0 Å². The van der Waals surface area contributed by atoms with E-state index in [1.165, 1.54) is 6.07 Å². The molecule has 0 spiro atoms. The number of benzene rings is 3. The van der Waals surface area contributed by atoms with Crippen molar-refractivity contribution in [1.82, 2.24) is 0 Å². The first-order valence-electron chi connectivity index (χ1n) is 7.19. The molecular formula is C17H10Cl2N2O3S. The second-order valence-corrected chi connectivity index (χ2v) is 7.73. The van der Waals surface area contributed by atoms with E-state index in [4.69, 9.17) is 23.2 Å². The molecule has 3 aromatic carbocycles. The molecule has 0 aromatic heterocycles. The molecule has 1 heterocycles. The molecule has 126 valence electrons. The minimum atomic E-state index is -4.34. The van der Waals surface area contributed by atoms with Crippen LogP contribution >= 0.6 is 23.2 Å². The van der Waals surface area contributed by atoms with Crippen LogP contribution in [0.25, 0.3) is 10.8 Å². The molecule has 0 amide bonds. The Morgan fingerprint density at radius 3 is 2.56 bits per heavy atom. The van der Waals surface area contributed by atoms with Crippen molar-refractivity contribution in [3.63, 3.8) is 0 Å². The number of nitrogens with zero attached hydrogens (tertiary/aromatic N) is 1. The molecular weight excluding hydrogens is 383 g/mol. The number of halogens is 2. The highest BCUT2D eigenvalue weighted by Gasteiger charge is 2.22. The molecule has 0 aliphatic carbocycles. The molecule has 2 N–H and O–H groups in total. The summed E-state index contributed by atoms with van der Waals surface area (Å²) in [5.74, 6) is 0.529. The van der Waals surface area contributed by atoms with Gasteiger partial charge in [-0.3, -0.25) is 4.55 Å². The van der Waals surface area contributed by atoms with Gasteiger partial charge >= 0.3 is 0 Å². The van der Waals surface area contributed by atoms with Gasteiger partial charge in [-0.2, -0.15) is 8.42 Å². The molecule has 1 aliphatic rings. The summed E-state index contributed by atoms with van der Waals surface area (Å²) in [5.41, 5.74) is 1.93. The lowest BCUT2D eigenvalue weighted by Crippen LogP contribution is -2.17. The number of amidine groups is 1. The maximum absolute atomic E-state index is 11.6. The highest BCUT2D eigenvalue weighted by Crippen LogP contribution is 2.40. The lowest BCUT2D eigenvalue weighted by atomic mass is 10.0. The van der Waals surface area contributed by atoms with Crippen LogP contribution in [0.2, 0.25) is 10.0 Å². The summed E-state index contributed by atoms with van der Waals surface area (Å²) in [6.07, 6.45) is 0. The molecule has 0 bridgehead atoms. The molecule has 1 aliphatic heterocycles. The summed E-state index contributed by atoms with van der Waals surface area (Å²) in [6.45, 7) is 0. The van der Waals surface area contributed by atoms with E-state index < -0.39 is 10.1 Å². The maximum Gasteiger partial charge on any atom is 0.295 e. The molecule has 0 saturated heterocycles. The van der Waals surface area contributed by atoms with Crippen LogP contribution in [0.4, 0.5) is 11.4 Å². The van der Waals surface area contributed by atoms with Gasteiger partial charge < -0.3 is 5.32 Å². The van der Waals surface area contributed by atoms with E-state index in [-0.39, 0.29) is 4.90 Å². The highest BCUT2D eigenvalue weighted by molar-refractivity contribution is 7.86. The van der Waals surface area contributed by atoms with Gasteiger partial charge in [-0.25, -0.2) is 4.99 Å². The van der Waals surface area contributed by atoms with Gasteiger partial charge in [0.25, 0.3) is 10.1 Å². The Labute approximate surface area is 153 Å². The molecule has 0 unspecified atom stereocenters. The van der Waals surface area contributed by atoms with Crippen molar-refractivity contribution < 1.29 is 13.0 Å². The lowest BCUT2D eigenvalue weighted by Gasteiger charge is -2.20. The van der Waals surface area contributed by atoms with E-state index in [0.29, 0.717) is 43.6 Å². The summed E-state index contributed by atoms with van der Waals surface area (Å²) < 4.78 is 32.7. The van der Waals surface area contributed by atoms with Crippen LogP contribution < -0.4 is 5.32 Å². The first-order chi connectivity index (χ1) is 11.8. The Balaban J connectivity index is 1.97. The van der Waals surface area contributed by atoms with Crippen molar-refractivity contribution in [3.05, 3.63) is 64.1 Å².